The number of carbonyl (C=O) groups is 2. The lowest BCUT2D eigenvalue weighted by Crippen LogP contribution is -2.32. The lowest BCUT2D eigenvalue weighted by Gasteiger charge is -2.13. The Morgan fingerprint density at radius 3 is 2.08 bits per heavy atom. The van der Waals surface area contributed by atoms with Crippen LogP contribution in [0.4, 0.5) is 0 Å². The highest BCUT2D eigenvalue weighted by Gasteiger charge is 2.19. The summed E-state index contributed by atoms with van der Waals surface area (Å²) in [7, 11) is 2.91. The van der Waals surface area contributed by atoms with E-state index in [9.17, 15) is 9.59 Å². The fraction of sp³-hybridized carbons (Fsp3) is 0.222. The Morgan fingerprint density at radius 1 is 0.917 bits per heavy atom. The van der Waals surface area contributed by atoms with Crippen molar-refractivity contribution >= 4 is 11.9 Å². The standard InChI is InChI=1S/C18H19NO5/c1-12-7-4-5-8-13(12)24-16(20)11-19-18(21)17-14(22-2)9-6-10-15(17)23-3/h4-10H,11H2,1-3H3,(H,19,21). The molecule has 0 radical (unpaired) electrons. The van der Waals surface area contributed by atoms with Crippen LogP contribution in [0.25, 0.3) is 0 Å². The van der Waals surface area contributed by atoms with E-state index in [4.69, 9.17) is 14.2 Å². The number of methoxy groups -OCH3 is 2. The third-order valence-corrected chi connectivity index (χ3v) is 3.37. The summed E-state index contributed by atoms with van der Waals surface area (Å²) in [6, 6.07) is 12.1. The summed E-state index contributed by atoms with van der Waals surface area (Å²) in [6.45, 7) is 1.56. The summed E-state index contributed by atoms with van der Waals surface area (Å²) in [4.78, 5) is 24.3. The molecule has 2 aromatic carbocycles. The number of benzene rings is 2. The van der Waals surface area contributed by atoms with Crippen molar-refractivity contribution < 1.29 is 23.8 Å². The number of rotatable bonds is 6. The van der Waals surface area contributed by atoms with Crippen molar-refractivity contribution in [2.45, 2.75) is 6.92 Å². The average Bonchev–Trinajstić information content (AvgIpc) is 2.60. The van der Waals surface area contributed by atoms with Gasteiger partial charge in [0.15, 0.2) is 0 Å². The van der Waals surface area contributed by atoms with Gasteiger partial charge in [-0.15, -0.1) is 0 Å². The molecule has 0 unspecified atom stereocenters. The van der Waals surface area contributed by atoms with Gasteiger partial charge < -0.3 is 19.5 Å². The topological polar surface area (TPSA) is 73.9 Å². The van der Waals surface area contributed by atoms with Gasteiger partial charge in [-0.25, -0.2) is 4.79 Å². The Bertz CT molecular complexity index is 720. The molecule has 0 aliphatic rings. The molecule has 0 saturated carbocycles. The molecule has 2 rings (SSSR count). The van der Waals surface area contributed by atoms with E-state index in [1.807, 2.05) is 19.1 Å². The minimum Gasteiger partial charge on any atom is -0.496 e. The zero-order chi connectivity index (χ0) is 17.5. The van der Waals surface area contributed by atoms with Crippen LogP contribution in [0.2, 0.25) is 0 Å². The highest BCUT2D eigenvalue weighted by Crippen LogP contribution is 2.27. The number of ether oxygens (including phenoxy) is 3. The fourth-order valence-electron chi connectivity index (χ4n) is 2.15. The summed E-state index contributed by atoms with van der Waals surface area (Å²) in [5, 5.41) is 2.51. The Morgan fingerprint density at radius 2 is 1.50 bits per heavy atom. The predicted octanol–water partition coefficient (Wildman–Crippen LogP) is 2.35. The molecule has 0 spiro atoms. The predicted molar refractivity (Wildman–Crippen MR) is 88.7 cm³/mol. The quantitative estimate of drug-likeness (QED) is 0.650. The SMILES string of the molecule is COc1cccc(OC)c1C(=O)NCC(=O)Oc1ccccc1C. The largest absolute Gasteiger partial charge is 0.496 e. The highest BCUT2D eigenvalue weighted by atomic mass is 16.5. The number of hydrogen-bond acceptors (Lipinski definition) is 5. The van der Waals surface area contributed by atoms with Crippen LogP contribution in [0.15, 0.2) is 42.5 Å². The van der Waals surface area contributed by atoms with Crippen molar-refractivity contribution in [2.75, 3.05) is 20.8 Å². The fourth-order valence-corrected chi connectivity index (χ4v) is 2.15. The summed E-state index contributed by atoms with van der Waals surface area (Å²) >= 11 is 0. The normalized spacial score (nSPS) is 9.96. The number of aryl methyl sites for hydroxylation is 1. The van der Waals surface area contributed by atoms with E-state index in [-0.39, 0.29) is 12.1 Å². The molecule has 126 valence electrons. The van der Waals surface area contributed by atoms with Crippen LogP contribution in [-0.2, 0) is 4.79 Å². The summed E-state index contributed by atoms with van der Waals surface area (Å²) in [5.41, 5.74) is 1.06. The molecule has 0 fully saturated rings. The van der Waals surface area contributed by atoms with Crippen LogP contribution in [0.3, 0.4) is 0 Å². The maximum absolute atomic E-state index is 12.3. The lowest BCUT2D eigenvalue weighted by molar-refractivity contribution is -0.133. The zero-order valence-corrected chi connectivity index (χ0v) is 13.8. The van der Waals surface area contributed by atoms with Crippen LogP contribution in [0, 0.1) is 6.92 Å². The van der Waals surface area contributed by atoms with E-state index in [0.717, 1.165) is 5.56 Å². The Kier molecular flexibility index (Phi) is 5.78. The molecule has 0 aromatic heterocycles. The van der Waals surface area contributed by atoms with Crippen molar-refractivity contribution in [2.24, 2.45) is 0 Å². The summed E-state index contributed by atoms with van der Waals surface area (Å²) < 4.78 is 15.6. The van der Waals surface area contributed by atoms with Crippen LogP contribution in [0.1, 0.15) is 15.9 Å². The number of para-hydroxylation sites is 1. The Hall–Kier alpha value is -3.02. The molecule has 6 heteroatoms. The molecular formula is C18H19NO5. The van der Waals surface area contributed by atoms with Crippen LogP contribution >= 0.6 is 0 Å². The monoisotopic (exact) mass is 329 g/mol. The van der Waals surface area contributed by atoms with Gasteiger partial charge in [0.25, 0.3) is 5.91 Å². The van der Waals surface area contributed by atoms with Gasteiger partial charge >= 0.3 is 5.97 Å². The van der Waals surface area contributed by atoms with Crippen molar-refractivity contribution in [1.82, 2.24) is 5.32 Å². The van der Waals surface area contributed by atoms with Gasteiger partial charge in [-0.05, 0) is 30.7 Å². The van der Waals surface area contributed by atoms with E-state index in [1.165, 1.54) is 14.2 Å². The van der Waals surface area contributed by atoms with Crippen molar-refractivity contribution in [1.29, 1.82) is 0 Å². The Balaban J connectivity index is 2.03. The average molecular weight is 329 g/mol. The number of esters is 1. The third kappa shape index (κ3) is 4.04. The second-order valence-corrected chi connectivity index (χ2v) is 4.96. The first-order chi connectivity index (χ1) is 11.6. The first-order valence-electron chi connectivity index (χ1n) is 7.32. The number of hydrogen-bond donors (Lipinski definition) is 1. The van der Waals surface area contributed by atoms with Crippen molar-refractivity contribution in [3.8, 4) is 17.2 Å². The van der Waals surface area contributed by atoms with Gasteiger partial charge in [-0.3, -0.25) is 4.79 Å². The minimum absolute atomic E-state index is 0.228. The molecule has 0 heterocycles. The minimum atomic E-state index is -0.563. The van der Waals surface area contributed by atoms with Gasteiger partial charge in [0, 0.05) is 0 Å². The zero-order valence-electron chi connectivity index (χ0n) is 13.8. The van der Waals surface area contributed by atoms with E-state index < -0.39 is 11.9 Å². The van der Waals surface area contributed by atoms with Crippen molar-refractivity contribution in [3.05, 3.63) is 53.6 Å². The molecule has 0 aliphatic heterocycles. The molecule has 1 amide bonds. The van der Waals surface area contributed by atoms with E-state index >= 15 is 0 Å². The van der Waals surface area contributed by atoms with Crippen LogP contribution in [-0.4, -0.2) is 32.6 Å². The first-order valence-corrected chi connectivity index (χ1v) is 7.32. The summed E-state index contributed by atoms with van der Waals surface area (Å²) in [5.74, 6) is 0.141. The highest BCUT2D eigenvalue weighted by molar-refractivity contribution is 6.01. The second kappa shape index (κ2) is 8.01. The molecule has 0 bridgehead atoms. The number of carbonyl (C=O) groups excluding carboxylic acids is 2. The molecule has 2 aromatic rings. The summed E-state index contributed by atoms with van der Waals surface area (Å²) in [6.07, 6.45) is 0. The van der Waals surface area contributed by atoms with Gasteiger partial charge in [0.2, 0.25) is 0 Å². The molecular weight excluding hydrogens is 310 g/mol. The van der Waals surface area contributed by atoms with E-state index in [0.29, 0.717) is 17.2 Å². The van der Waals surface area contributed by atoms with Crippen molar-refractivity contribution in [3.63, 3.8) is 0 Å². The van der Waals surface area contributed by atoms with Gasteiger partial charge in [0.1, 0.15) is 29.4 Å². The lowest BCUT2D eigenvalue weighted by atomic mass is 10.1. The van der Waals surface area contributed by atoms with Gasteiger partial charge in [0.05, 0.1) is 14.2 Å². The third-order valence-electron chi connectivity index (χ3n) is 3.37. The maximum Gasteiger partial charge on any atom is 0.330 e. The number of amides is 1. The van der Waals surface area contributed by atoms with E-state index in [2.05, 4.69) is 5.32 Å². The molecule has 1 N–H and O–H groups in total. The first kappa shape index (κ1) is 17.3. The van der Waals surface area contributed by atoms with E-state index in [1.54, 1.807) is 30.3 Å². The molecule has 24 heavy (non-hydrogen) atoms. The second-order valence-electron chi connectivity index (χ2n) is 4.96. The molecule has 0 saturated heterocycles. The molecule has 0 aliphatic carbocycles. The number of nitrogens with one attached hydrogen (secondary N) is 1. The molecule has 6 nitrogen and oxygen atoms in total. The Labute approximate surface area is 140 Å². The van der Waals surface area contributed by atoms with Crippen LogP contribution < -0.4 is 19.5 Å². The van der Waals surface area contributed by atoms with Gasteiger partial charge in [-0.1, -0.05) is 24.3 Å². The smallest absolute Gasteiger partial charge is 0.330 e. The van der Waals surface area contributed by atoms with Crippen LogP contribution in [0.5, 0.6) is 17.2 Å². The van der Waals surface area contributed by atoms with Gasteiger partial charge in [-0.2, -0.15) is 0 Å². The maximum atomic E-state index is 12.3. The molecule has 0 atom stereocenters.